The molecule has 0 aromatic heterocycles. The zero-order valence-corrected chi connectivity index (χ0v) is 16.7. The van der Waals surface area contributed by atoms with Gasteiger partial charge in [-0.25, -0.2) is 0 Å². The highest BCUT2D eigenvalue weighted by atomic mass is 16.5. The van der Waals surface area contributed by atoms with Crippen molar-refractivity contribution in [3.05, 3.63) is 70.3 Å². The molecule has 0 saturated carbocycles. The summed E-state index contributed by atoms with van der Waals surface area (Å²) in [5, 5.41) is 9.29. The summed E-state index contributed by atoms with van der Waals surface area (Å²) in [5.41, 5.74) is 6.44. The molecule has 1 saturated heterocycles. The molecule has 29 heavy (non-hydrogen) atoms. The number of Topliss-reactive ketones (excluding diaryl/α,β-unsaturated/α-hetero) is 1. The first-order chi connectivity index (χ1) is 14.2. The van der Waals surface area contributed by atoms with E-state index in [1.165, 1.54) is 11.1 Å². The van der Waals surface area contributed by atoms with Crippen LogP contribution in [0.15, 0.2) is 42.5 Å². The van der Waals surface area contributed by atoms with E-state index in [0.29, 0.717) is 25.6 Å². The number of aliphatic hydroxyl groups excluding tert-OH is 1. The number of likely N-dealkylation sites (tertiary alicyclic amines) is 1. The van der Waals surface area contributed by atoms with Crippen LogP contribution >= 0.6 is 0 Å². The normalized spacial score (nSPS) is 21.9. The summed E-state index contributed by atoms with van der Waals surface area (Å²) in [7, 11) is 0. The van der Waals surface area contributed by atoms with Crippen LogP contribution in [0, 0.1) is 5.92 Å². The Morgan fingerprint density at radius 3 is 2.69 bits per heavy atom. The van der Waals surface area contributed by atoms with E-state index >= 15 is 0 Å². The molecule has 0 radical (unpaired) electrons. The van der Waals surface area contributed by atoms with E-state index in [2.05, 4.69) is 23.1 Å². The van der Waals surface area contributed by atoms with Gasteiger partial charge in [-0.1, -0.05) is 42.5 Å². The predicted octanol–water partition coefficient (Wildman–Crippen LogP) is 3.46. The van der Waals surface area contributed by atoms with Crippen LogP contribution in [0.4, 0.5) is 0 Å². The maximum atomic E-state index is 12.7. The van der Waals surface area contributed by atoms with Gasteiger partial charge in [0.15, 0.2) is 5.78 Å². The number of allylic oxidation sites excluding steroid dienone is 1. The van der Waals surface area contributed by atoms with E-state index in [4.69, 9.17) is 4.74 Å². The van der Waals surface area contributed by atoms with Crippen molar-refractivity contribution in [3.8, 4) is 0 Å². The van der Waals surface area contributed by atoms with Gasteiger partial charge in [0.1, 0.15) is 12.4 Å². The van der Waals surface area contributed by atoms with Crippen LogP contribution < -0.4 is 0 Å². The molecule has 1 aliphatic carbocycles. The molecule has 0 atom stereocenters. The summed E-state index contributed by atoms with van der Waals surface area (Å²) in [6.07, 6.45) is 3.69. The third kappa shape index (κ3) is 3.52. The number of piperidine rings is 1. The molecule has 0 bridgehead atoms. The Balaban J connectivity index is 1.33. The Kier molecular flexibility index (Phi) is 4.98. The Labute approximate surface area is 171 Å². The molecule has 0 amide bonds. The Morgan fingerprint density at radius 1 is 1.03 bits per heavy atom. The van der Waals surface area contributed by atoms with Crippen LogP contribution in [0.1, 0.15) is 40.7 Å². The maximum absolute atomic E-state index is 12.7. The summed E-state index contributed by atoms with van der Waals surface area (Å²) in [6.45, 7) is 4.08. The number of nitrogens with zero attached hydrogens (tertiary/aromatic N) is 1. The molecule has 2 aliphatic heterocycles. The number of ketones is 1. The molecule has 150 valence electrons. The van der Waals surface area contributed by atoms with E-state index in [0.717, 1.165) is 66.9 Å². The summed E-state index contributed by atoms with van der Waals surface area (Å²) >= 11 is 0. The molecule has 2 aromatic carbocycles. The average molecular weight is 389 g/mol. The van der Waals surface area contributed by atoms with Gasteiger partial charge in [-0.05, 0) is 55.0 Å². The minimum atomic E-state index is 0.157. The van der Waals surface area contributed by atoms with Crippen molar-refractivity contribution in [1.29, 1.82) is 0 Å². The molecule has 2 aromatic rings. The lowest BCUT2D eigenvalue weighted by Crippen LogP contribution is -2.36. The number of carbonyl (C=O) groups excluding carboxylic acids is 1. The fourth-order valence-corrected chi connectivity index (χ4v) is 4.84. The zero-order chi connectivity index (χ0) is 19.8. The van der Waals surface area contributed by atoms with Gasteiger partial charge < -0.3 is 14.7 Å². The number of ether oxygens (including phenoxy) is 1. The van der Waals surface area contributed by atoms with Crippen LogP contribution in [-0.2, 0) is 29.0 Å². The molecule has 1 fully saturated rings. The minimum absolute atomic E-state index is 0.157. The van der Waals surface area contributed by atoms with Gasteiger partial charge in [0.05, 0.1) is 5.57 Å². The zero-order valence-electron chi connectivity index (χ0n) is 16.7. The number of hydrogen-bond donors (Lipinski definition) is 1. The van der Waals surface area contributed by atoms with Gasteiger partial charge in [0.2, 0.25) is 0 Å². The minimum Gasteiger partial charge on any atom is -0.487 e. The lowest BCUT2D eigenvalue weighted by atomic mass is 9.96. The Morgan fingerprint density at radius 2 is 1.86 bits per heavy atom. The largest absolute Gasteiger partial charge is 0.487 e. The first kappa shape index (κ1) is 18.6. The summed E-state index contributed by atoms with van der Waals surface area (Å²) < 4.78 is 6.03. The van der Waals surface area contributed by atoms with Crippen molar-refractivity contribution in [1.82, 2.24) is 4.90 Å². The molecule has 4 nitrogen and oxygen atoms in total. The second-order valence-corrected chi connectivity index (χ2v) is 8.46. The van der Waals surface area contributed by atoms with Gasteiger partial charge >= 0.3 is 0 Å². The van der Waals surface area contributed by atoms with Crippen molar-refractivity contribution < 1.29 is 14.6 Å². The van der Waals surface area contributed by atoms with Crippen LogP contribution in [-0.4, -0.2) is 42.0 Å². The molecule has 1 N–H and O–H groups in total. The standard InChI is InChI=1S/C25H27NO3/c27-15-18-8-11-26(12-9-18)10-7-17-5-6-22-20(13-17)16-29-25(22)24-21-4-2-1-3-19(21)14-23(24)28/h1-6,13,18,27H,7-12,14-16H2/b25-24+. The lowest BCUT2D eigenvalue weighted by Gasteiger charge is -2.31. The van der Waals surface area contributed by atoms with Crippen LogP contribution in [0.5, 0.6) is 0 Å². The predicted molar refractivity (Wildman–Crippen MR) is 113 cm³/mol. The van der Waals surface area contributed by atoms with Crippen LogP contribution in [0.2, 0.25) is 0 Å². The van der Waals surface area contributed by atoms with Crippen LogP contribution in [0.25, 0.3) is 11.3 Å². The SMILES string of the molecule is O=C1Cc2ccccc2/C1=C1\OCc2cc(CCN3CCC(CO)CC3)ccc21. The highest BCUT2D eigenvalue weighted by Crippen LogP contribution is 2.40. The van der Waals surface area contributed by atoms with E-state index in [1.54, 1.807) is 0 Å². The molecule has 5 rings (SSSR count). The van der Waals surface area contributed by atoms with Crippen molar-refractivity contribution in [3.63, 3.8) is 0 Å². The number of rotatable bonds is 4. The van der Waals surface area contributed by atoms with E-state index in [9.17, 15) is 9.90 Å². The third-order valence-electron chi connectivity index (χ3n) is 6.61. The Bertz CT molecular complexity index is 970. The fraction of sp³-hybridized carbons (Fsp3) is 0.400. The monoisotopic (exact) mass is 389 g/mol. The molecule has 0 unspecified atom stereocenters. The highest BCUT2D eigenvalue weighted by Gasteiger charge is 2.32. The quantitative estimate of drug-likeness (QED) is 0.814. The second kappa shape index (κ2) is 7.77. The molecular formula is C25H27NO3. The second-order valence-electron chi connectivity index (χ2n) is 8.46. The smallest absolute Gasteiger partial charge is 0.171 e. The van der Waals surface area contributed by atoms with E-state index in [1.807, 2.05) is 24.3 Å². The van der Waals surface area contributed by atoms with Crippen molar-refractivity contribution >= 4 is 17.1 Å². The average Bonchev–Trinajstić information content (AvgIpc) is 3.31. The number of hydrogen-bond acceptors (Lipinski definition) is 4. The van der Waals surface area contributed by atoms with Crippen molar-refractivity contribution in [2.45, 2.75) is 32.3 Å². The van der Waals surface area contributed by atoms with Gasteiger partial charge in [-0.3, -0.25) is 4.79 Å². The third-order valence-corrected chi connectivity index (χ3v) is 6.61. The van der Waals surface area contributed by atoms with Gasteiger partial charge in [-0.15, -0.1) is 0 Å². The summed E-state index contributed by atoms with van der Waals surface area (Å²) in [5.74, 6) is 1.40. The Hall–Kier alpha value is -2.43. The molecule has 0 spiro atoms. The fourth-order valence-electron chi connectivity index (χ4n) is 4.84. The topological polar surface area (TPSA) is 49.8 Å². The van der Waals surface area contributed by atoms with E-state index in [-0.39, 0.29) is 5.78 Å². The number of aliphatic hydroxyl groups is 1. The van der Waals surface area contributed by atoms with Gasteiger partial charge in [0, 0.05) is 30.7 Å². The maximum Gasteiger partial charge on any atom is 0.171 e. The molecular weight excluding hydrogens is 362 g/mol. The summed E-state index contributed by atoms with van der Waals surface area (Å²) in [6, 6.07) is 14.6. The lowest BCUT2D eigenvalue weighted by molar-refractivity contribution is -0.112. The summed E-state index contributed by atoms with van der Waals surface area (Å²) in [4.78, 5) is 15.2. The van der Waals surface area contributed by atoms with Crippen molar-refractivity contribution in [2.75, 3.05) is 26.2 Å². The van der Waals surface area contributed by atoms with Gasteiger partial charge in [-0.2, -0.15) is 0 Å². The number of carbonyl (C=O) groups is 1. The van der Waals surface area contributed by atoms with Gasteiger partial charge in [0.25, 0.3) is 0 Å². The number of fused-ring (bicyclic) bond motifs is 2. The number of benzene rings is 2. The first-order valence-corrected chi connectivity index (χ1v) is 10.7. The molecule has 2 heterocycles. The molecule has 3 aliphatic rings. The van der Waals surface area contributed by atoms with Crippen molar-refractivity contribution in [2.24, 2.45) is 5.92 Å². The van der Waals surface area contributed by atoms with Crippen LogP contribution in [0.3, 0.4) is 0 Å². The first-order valence-electron chi connectivity index (χ1n) is 10.7. The van der Waals surface area contributed by atoms with E-state index < -0.39 is 0 Å². The molecule has 4 heteroatoms. The highest BCUT2D eigenvalue weighted by molar-refractivity contribution is 6.31.